The van der Waals surface area contributed by atoms with Crippen molar-refractivity contribution in [2.24, 2.45) is 0 Å². The molecule has 0 aliphatic carbocycles. The fraction of sp³-hybridized carbons (Fsp3) is 0.133. The average Bonchev–Trinajstić information content (AvgIpc) is 2.57. The number of sulfone groups is 1. The zero-order chi connectivity index (χ0) is 19.5. The van der Waals surface area contributed by atoms with E-state index in [9.17, 15) is 21.6 Å². The Kier molecular flexibility index (Phi) is 6.06. The standard InChI is InChI=1S/C15H15BrN2O6S2/c16-9-14(25(20,21)11-4-2-1-3-5-11)15(19)18-10-6-7-12(17)13(8-10)26(22,23)24/h1-8,14H,9,17H2,(H,18,19)(H,22,23,24). The first-order valence-electron chi connectivity index (χ1n) is 7.10. The zero-order valence-corrected chi connectivity index (χ0v) is 16.4. The highest BCUT2D eigenvalue weighted by atomic mass is 79.9. The maximum absolute atomic E-state index is 12.6. The van der Waals surface area contributed by atoms with Gasteiger partial charge >= 0.3 is 0 Å². The van der Waals surface area contributed by atoms with Crippen molar-refractivity contribution in [1.82, 2.24) is 0 Å². The Labute approximate surface area is 159 Å². The molecule has 2 rings (SSSR count). The molecule has 0 aromatic heterocycles. The van der Waals surface area contributed by atoms with Crippen molar-refractivity contribution in [3.05, 3.63) is 48.5 Å². The van der Waals surface area contributed by atoms with Crippen LogP contribution in [-0.2, 0) is 24.7 Å². The normalized spacial score (nSPS) is 13.2. The van der Waals surface area contributed by atoms with Crippen molar-refractivity contribution < 1.29 is 26.2 Å². The second-order valence-electron chi connectivity index (χ2n) is 5.22. The molecule has 0 fully saturated rings. The van der Waals surface area contributed by atoms with E-state index in [1.165, 1.54) is 36.4 Å². The quantitative estimate of drug-likeness (QED) is 0.336. The Morgan fingerprint density at radius 1 is 1.12 bits per heavy atom. The number of carbonyl (C=O) groups is 1. The molecule has 1 unspecified atom stereocenters. The van der Waals surface area contributed by atoms with Crippen molar-refractivity contribution >= 4 is 53.2 Å². The van der Waals surface area contributed by atoms with Crippen molar-refractivity contribution in [3.63, 3.8) is 0 Å². The van der Waals surface area contributed by atoms with Gasteiger partial charge < -0.3 is 11.1 Å². The van der Waals surface area contributed by atoms with Gasteiger partial charge in [-0.2, -0.15) is 8.42 Å². The van der Waals surface area contributed by atoms with Crippen LogP contribution in [0.5, 0.6) is 0 Å². The molecule has 0 saturated carbocycles. The van der Waals surface area contributed by atoms with Crippen molar-refractivity contribution in [2.75, 3.05) is 16.4 Å². The van der Waals surface area contributed by atoms with Crippen LogP contribution in [0.2, 0.25) is 0 Å². The number of halogens is 1. The van der Waals surface area contributed by atoms with E-state index in [2.05, 4.69) is 21.2 Å². The summed E-state index contributed by atoms with van der Waals surface area (Å²) in [4.78, 5) is 11.8. The Bertz CT molecular complexity index is 1020. The van der Waals surface area contributed by atoms with Crippen LogP contribution < -0.4 is 11.1 Å². The minimum atomic E-state index is -4.59. The molecule has 2 aromatic carbocycles. The third-order valence-electron chi connectivity index (χ3n) is 3.44. The molecule has 26 heavy (non-hydrogen) atoms. The van der Waals surface area contributed by atoms with Crippen LogP contribution in [0.4, 0.5) is 11.4 Å². The summed E-state index contributed by atoms with van der Waals surface area (Å²) in [5.74, 6) is -0.864. The van der Waals surface area contributed by atoms with E-state index in [1.54, 1.807) is 6.07 Å². The van der Waals surface area contributed by atoms with E-state index in [-0.39, 0.29) is 21.6 Å². The average molecular weight is 463 g/mol. The molecular formula is C15H15BrN2O6S2. The molecule has 8 nitrogen and oxygen atoms in total. The van der Waals surface area contributed by atoms with E-state index in [1.807, 2.05) is 0 Å². The summed E-state index contributed by atoms with van der Waals surface area (Å²) in [6.45, 7) is 0. The molecule has 0 bridgehead atoms. The maximum atomic E-state index is 12.6. The molecule has 0 saturated heterocycles. The predicted octanol–water partition coefficient (Wildman–Crippen LogP) is 1.69. The molecule has 1 atom stereocenters. The Morgan fingerprint density at radius 2 is 1.73 bits per heavy atom. The number of carbonyl (C=O) groups excluding carboxylic acids is 1. The number of amides is 1. The summed E-state index contributed by atoms with van der Waals surface area (Å²) in [6, 6.07) is 10.9. The highest BCUT2D eigenvalue weighted by Gasteiger charge is 2.33. The Hall–Kier alpha value is -1.95. The number of nitrogens with two attached hydrogens (primary N) is 1. The number of nitrogens with one attached hydrogen (secondary N) is 1. The van der Waals surface area contributed by atoms with E-state index >= 15 is 0 Å². The van der Waals surface area contributed by atoms with Gasteiger partial charge in [-0.3, -0.25) is 9.35 Å². The number of alkyl halides is 1. The second-order valence-corrected chi connectivity index (χ2v) is 9.39. The lowest BCUT2D eigenvalue weighted by Crippen LogP contribution is -2.36. The summed E-state index contributed by atoms with van der Waals surface area (Å²) < 4.78 is 57.0. The highest BCUT2D eigenvalue weighted by Crippen LogP contribution is 2.24. The summed E-state index contributed by atoms with van der Waals surface area (Å²) in [5.41, 5.74) is 5.25. The van der Waals surface area contributed by atoms with Crippen LogP contribution in [0.1, 0.15) is 0 Å². The number of hydrogen-bond donors (Lipinski definition) is 3. The Morgan fingerprint density at radius 3 is 2.27 bits per heavy atom. The van der Waals surface area contributed by atoms with Gasteiger partial charge in [0.25, 0.3) is 10.1 Å². The van der Waals surface area contributed by atoms with E-state index in [0.29, 0.717) is 0 Å². The summed E-state index contributed by atoms with van der Waals surface area (Å²) >= 11 is 3.02. The highest BCUT2D eigenvalue weighted by molar-refractivity contribution is 9.09. The number of anilines is 2. The third-order valence-corrected chi connectivity index (χ3v) is 7.48. The molecular weight excluding hydrogens is 448 g/mol. The van der Waals surface area contributed by atoms with Gasteiger partial charge in [-0.15, -0.1) is 0 Å². The van der Waals surface area contributed by atoms with Gasteiger partial charge in [0.15, 0.2) is 15.1 Å². The molecule has 140 valence electrons. The zero-order valence-electron chi connectivity index (χ0n) is 13.2. The topological polar surface area (TPSA) is 144 Å². The summed E-state index contributed by atoms with van der Waals surface area (Å²) in [6.07, 6.45) is 0. The minimum absolute atomic E-state index is 0.0180. The van der Waals surface area contributed by atoms with E-state index < -0.39 is 36.0 Å². The Balaban J connectivity index is 2.34. The number of benzene rings is 2. The van der Waals surface area contributed by atoms with Crippen LogP contribution in [0.15, 0.2) is 58.3 Å². The fourth-order valence-corrected chi connectivity index (χ4v) is 5.48. The van der Waals surface area contributed by atoms with Gasteiger partial charge in [0.1, 0.15) is 4.90 Å². The van der Waals surface area contributed by atoms with Gasteiger partial charge in [0.05, 0.1) is 10.6 Å². The molecule has 2 aromatic rings. The molecule has 4 N–H and O–H groups in total. The van der Waals surface area contributed by atoms with Crippen molar-refractivity contribution in [2.45, 2.75) is 15.0 Å². The maximum Gasteiger partial charge on any atom is 0.296 e. The third kappa shape index (κ3) is 4.41. The van der Waals surface area contributed by atoms with Crippen LogP contribution in [0.25, 0.3) is 0 Å². The molecule has 1 amide bonds. The first kappa shape index (κ1) is 20.4. The SMILES string of the molecule is Nc1ccc(NC(=O)C(CBr)S(=O)(=O)c2ccccc2)cc1S(=O)(=O)O. The minimum Gasteiger partial charge on any atom is -0.398 e. The van der Waals surface area contributed by atoms with Gasteiger partial charge in [0.2, 0.25) is 5.91 Å². The van der Waals surface area contributed by atoms with E-state index in [4.69, 9.17) is 10.3 Å². The number of hydrogen-bond acceptors (Lipinski definition) is 6. The van der Waals surface area contributed by atoms with Crippen LogP contribution in [0, 0.1) is 0 Å². The van der Waals surface area contributed by atoms with Crippen LogP contribution >= 0.6 is 15.9 Å². The number of nitrogen functional groups attached to an aromatic ring is 1. The number of rotatable bonds is 6. The molecule has 0 heterocycles. The van der Waals surface area contributed by atoms with Crippen molar-refractivity contribution in [3.8, 4) is 0 Å². The summed E-state index contributed by atoms with van der Waals surface area (Å²) in [5, 5.41) is 0.711. The van der Waals surface area contributed by atoms with Crippen molar-refractivity contribution in [1.29, 1.82) is 0 Å². The first-order chi connectivity index (χ1) is 12.1. The van der Waals surface area contributed by atoms with Gasteiger partial charge in [0, 0.05) is 11.0 Å². The second kappa shape index (κ2) is 7.74. The van der Waals surface area contributed by atoms with Gasteiger partial charge in [-0.25, -0.2) is 8.42 Å². The lowest BCUT2D eigenvalue weighted by Gasteiger charge is -2.16. The largest absolute Gasteiger partial charge is 0.398 e. The van der Waals surface area contributed by atoms with E-state index in [0.717, 1.165) is 6.07 Å². The predicted molar refractivity (Wildman–Crippen MR) is 101 cm³/mol. The molecule has 0 aliphatic rings. The summed E-state index contributed by atoms with van der Waals surface area (Å²) in [7, 11) is -8.56. The van der Waals surface area contributed by atoms with Gasteiger partial charge in [-0.05, 0) is 30.3 Å². The lowest BCUT2D eigenvalue weighted by molar-refractivity contribution is -0.115. The molecule has 0 aliphatic heterocycles. The molecule has 0 spiro atoms. The van der Waals surface area contributed by atoms with Crippen LogP contribution in [0.3, 0.4) is 0 Å². The van der Waals surface area contributed by atoms with Gasteiger partial charge in [-0.1, -0.05) is 34.1 Å². The smallest absolute Gasteiger partial charge is 0.296 e. The lowest BCUT2D eigenvalue weighted by atomic mass is 10.2. The first-order valence-corrected chi connectivity index (χ1v) is 11.2. The van der Waals surface area contributed by atoms with Crippen LogP contribution in [-0.4, -0.2) is 37.9 Å². The monoisotopic (exact) mass is 462 g/mol. The fourth-order valence-electron chi connectivity index (χ4n) is 2.13. The molecule has 0 radical (unpaired) electrons. The molecule has 11 heteroatoms.